The molecule has 0 aliphatic rings. The van der Waals surface area contributed by atoms with E-state index in [1.165, 1.54) is 6.07 Å². The Morgan fingerprint density at radius 2 is 1.64 bits per heavy atom. The maximum absolute atomic E-state index is 10.5. The maximum Gasteiger partial charge on any atom is 0.289 e. The highest BCUT2D eigenvalue weighted by Gasteiger charge is 2.20. The number of rotatable bonds is 2. The first-order chi connectivity index (χ1) is 6.43. The standard InChI is InChI=1S/C7H5IN2O4/c1-4-2-5(8)7(10(13)14)3-6(4)9(11)12/h2-3H,1H3. The summed E-state index contributed by atoms with van der Waals surface area (Å²) in [6, 6.07) is 2.41. The van der Waals surface area contributed by atoms with Crippen LogP contribution in [0.15, 0.2) is 12.1 Å². The van der Waals surface area contributed by atoms with Crippen molar-refractivity contribution in [1.29, 1.82) is 0 Å². The lowest BCUT2D eigenvalue weighted by atomic mass is 10.2. The number of hydrogen-bond donors (Lipinski definition) is 0. The highest BCUT2D eigenvalue weighted by atomic mass is 127. The summed E-state index contributed by atoms with van der Waals surface area (Å²) in [5.41, 5.74) is -0.0370. The number of hydrogen-bond acceptors (Lipinski definition) is 4. The number of benzene rings is 1. The molecule has 1 aromatic rings. The van der Waals surface area contributed by atoms with Gasteiger partial charge in [0.05, 0.1) is 19.5 Å². The Bertz CT molecular complexity index is 383. The smallest absolute Gasteiger partial charge is 0.258 e. The van der Waals surface area contributed by atoms with Gasteiger partial charge in [0.1, 0.15) is 0 Å². The summed E-state index contributed by atoms with van der Waals surface area (Å²) in [5.74, 6) is 0. The second kappa shape index (κ2) is 3.86. The van der Waals surface area contributed by atoms with Crippen molar-refractivity contribution in [3.63, 3.8) is 0 Å². The molecule has 0 atom stereocenters. The fourth-order valence-electron chi connectivity index (χ4n) is 0.987. The highest BCUT2D eigenvalue weighted by molar-refractivity contribution is 14.1. The summed E-state index contributed by atoms with van der Waals surface area (Å²) in [4.78, 5) is 19.7. The molecule has 7 heteroatoms. The monoisotopic (exact) mass is 308 g/mol. The molecule has 0 aromatic heterocycles. The van der Waals surface area contributed by atoms with Crippen molar-refractivity contribution in [2.45, 2.75) is 6.92 Å². The van der Waals surface area contributed by atoms with Gasteiger partial charge >= 0.3 is 0 Å². The van der Waals surface area contributed by atoms with Crippen LogP contribution in [0.2, 0.25) is 0 Å². The van der Waals surface area contributed by atoms with Gasteiger partial charge in [-0.15, -0.1) is 0 Å². The normalized spacial score (nSPS) is 9.86. The Labute approximate surface area is 92.4 Å². The van der Waals surface area contributed by atoms with Crippen LogP contribution in [-0.2, 0) is 0 Å². The van der Waals surface area contributed by atoms with Gasteiger partial charge in [0.2, 0.25) is 0 Å². The van der Waals surface area contributed by atoms with E-state index in [0.717, 1.165) is 6.07 Å². The molecule has 0 radical (unpaired) electrons. The van der Waals surface area contributed by atoms with Crippen LogP contribution in [0.4, 0.5) is 11.4 Å². The molecule has 0 heterocycles. The molecular weight excluding hydrogens is 303 g/mol. The van der Waals surface area contributed by atoms with Crippen LogP contribution in [0.5, 0.6) is 0 Å². The summed E-state index contributed by atoms with van der Waals surface area (Å²) in [6.07, 6.45) is 0. The number of nitrogens with zero attached hydrogens (tertiary/aromatic N) is 2. The molecule has 14 heavy (non-hydrogen) atoms. The second-order valence-corrected chi connectivity index (χ2v) is 3.77. The Kier molecular flexibility index (Phi) is 2.99. The van der Waals surface area contributed by atoms with Gasteiger partial charge in [-0.1, -0.05) is 0 Å². The Morgan fingerprint density at radius 3 is 2.07 bits per heavy atom. The van der Waals surface area contributed by atoms with E-state index < -0.39 is 9.85 Å². The summed E-state index contributed by atoms with van der Waals surface area (Å²) in [6.45, 7) is 1.55. The summed E-state index contributed by atoms with van der Waals surface area (Å²) >= 11 is 1.78. The van der Waals surface area contributed by atoms with Crippen molar-refractivity contribution in [3.05, 3.63) is 41.5 Å². The highest BCUT2D eigenvalue weighted by Crippen LogP contribution is 2.29. The van der Waals surface area contributed by atoms with Crippen molar-refractivity contribution in [3.8, 4) is 0 Å². The van der Waals surface area contributed by atoms with Gasteiger partial charge in [0.15, 0.2) is 0 Å². The average Bonchev–Trinajstić information content (AvgIpc) is 2.02. The Balaban J connectivity index is 3.42. The Hall–Kier alpha value is -1.25. The second-order valence-electron chi connectivity index (χ2n) is 2.60. The zero-order valence-corrected chi connectivity index (χ0v) is 9.22. The van der Waals surface area contributed by atoms with Gasteiger partial charge in [-0.25, -0.2) is 0 Å². The quantitative estimate of drug-likeness (QED) is 0.477. The third-order valence-corrected chi connectivity index (χ3v) is 2.52. The van der Waals surface area contributed by atoms with E-state index in [4.69, 9.17) is 0 Å². The van der Waals surface area contributed by atoms with Crippen molar-refractivity contribution < 1.29 is 9.85 Å². The minimum absolute atomic E-state index is 0.225. The number of aryl methyl sites for hydroxylation is 1. The summed E-state index contributed by atoms with van der Waals surface area (Å²) < 4.78 is 0.399. The summed E-state index contributed by atoms with van der Waals surface area (Å²) in [5, 5.41) is 21.0. The third-order valence-electron chi connectivity index (χ3n) is 1.66. The van der Waals surface area contributed by atoms with Gasteiger partial charge < -0.3 is 0 Å². The molecule has 0 spiro atoms. The molecule has 0 unspecified atom stereocenters. The fourth-order valence-corrected chi connectivity index (χ4v) is 1.81. The zero-order chi connectivity index (χ0) is 10.9. The van der Waals surface area contributed by atoms with E-state index in [1.807, 2.05) is 0 Å². The molecule has 0 N–H and O–H groups in total. The predicted octanol–water partition coefficient (Wildman–Crippen LogP) is 2.42. The minimum atomic E-state index is -0.631. The SMILES string of the molecule is Cc1cc(I)c([N+](=O)[O-])cc1[N+](=O)[O-]. The topological polar surface area (TPSA) is 86.3 Å². The van der Waals surface area contributed by atoms with Crippen molar-refractivity contribution >= 4 is 34.0 Å². The number of nitro benzene ring substituents is 2. The van der Waals surface area contributed by atoms with Crippen LogP contribution in [0, 0.1) is 30.7 Å². The van der Waals surface area contributed by atoms with Gasteiger partial charge in [-0.2, -0.15) is 0 Å². The van der Waals surface area contributed by atoms with E-state index in [9.17, 15) is 20.2 Å². The zero-order valence-electron chi connectivity index (χ0n) is 7.06. The molecule has 0 aliphatic carbocycles. The van der Waals surface area contributed by atoms with E-state index in [2.05, 4.69) is 0 Å². The van der Waals surface area contributed by atoms with Crippen LogP contribution < -0.4 is 0 Å². The first kappa shape index (κ1) is 10.8. The van der Waals surface area contributed by atoms with Crippen LogP contribution in [0.1, 0.15) is 5.56 Å². The summed E-state index contributed by atoms with van der Waals surface area (Å²) in [7, 11) is 0. The van der Waals surface area contributed by atoms with Crippen LogP contribution in [0.25, 0.3) is 0 Å². The first-order valence-corrected chi connectivity index (χ1v) is 4.60. The lowest BCUT2D eigenvalue weighted by Gasteiger charge is -1.99. The molecule has 6 nitrogen and oxygen atoms in total. The number of halogens is 1. The van der Waals surface area contributed by atoms with Gasteiger partial charge in [-0.05, 0) is 35.6 Å². The van der Waals surface area contributed by atoms with Crippen LogP contribution in [-0.4, -0.2) is 9.85 Å². The third kappa shape index (κ3) is 1.97. The molecule has 0 saturated heterocycles. The lowest BCUT2D eigenvalue weighted by molar-refractivity contribution is -0.395. The van der Waals surface area contributed by atoms with Crippen molar-refractivity contribution in [1.82, 2.24) is 0 Å². The predicted molar refractivity (Wildman–Crippen MR) is 57.2 cm³/mol. The largest absolute Gasteiger partial charge is 0.289 e. The van der Waals surface area contributed by atoms with Crippen LogP contribution >= 0.6 is 22.6 Å². The molecule has 1 aromatic carbocycles. The molecule has 0 aliphatic heterocycles. The minimum Gasteiger partial charge on any atom is -0.258 e. The lowest BCUT2D eigenvalue weighted by Crippen LogP contribution is -1.97. The van der Waals surface area contributed by atoms with E-state index in [1.54, 1.807) is 29.5 Å². The molecule has 0 amide bonds. The van der Waals surface area contributed by atoms with Crippen LogP contribution in [0.3, 0.4) is 0 Å². The molecule has 0 saturated carbocycles. The van der Waals surface area contributed by atoms with Gasteiger partial charge in [0.25, 0.3) is 11.4 Å². The number of nitro groups is 2. The van der Waals surface area contributed by atoms with Gasteiger partial charge in [-0.3, -0.25) is 20.2 Å². The molecule has 0 bridgehead atoms. The van der Waals surface area contributed by atoms with E-state index in [-0.39, 0.29) is 11.4 Å². The van der Waals surface area contributed by atoms with Crippen molar-refractivity contribution in [2.24, 2.45) is 0 Å². The Morgan fingerprint density at radius 1 is 1.14 bits per heavy atom. The average molecular weight is 308 g/mol. The molecule has 0 fully saturated rings. The first-order valence-electron chi connectivity index (χ1n) is 3.52. The maximum atomic E-state index is 10.5. The van der Waals surface area contributed by atoms with Crippen molar-refractivity contribution in [2.75, 3.05) is 0 Å². The molecular formula is C7H5IN2O4. The molecule has 74 valence electrons. The van der Waals surface area contributed by atoms with E-state index in [0.29, 0.717) is 9.13 Å². The molecule has 1 rings (SSSR count). The fraction of sp³-hybridized carbons (Fsp3) is 0.143. The van der Waals surface area contributed by atoms with Gasteiger partial charge in [0, 0.05) is 5.56 Å². The van der Waals surface area contributed by atoms with E-state index >= 15 is 0 Å².